The van der Waals surface area contributed by atoms with Gasteiger partial charge in [0.2, 0.25) is 0 Å². The summed E-state index contributed by atoms with van der Waals surface area (Å²) < 4.78 is 2.59. The molecule has 0 saturated carbocycles. The lowest BCUT2D eigenvalue weighted by molar-refractivity contribution is 0.0940. The van der Waals surface area contributed by atoms with Crippen LogP contribution in [0.3, 0.4) is 0 Å². The summed E-state index contributed by atoms with van der Waals surface area (Å²) in [6, 6.07) is 18.8. The Bertz CT molecular complexity index is 1270. The first-order chi connectivity index (χ1) is 14.0. The minimum Gasteiger partial charge on any atom is -0.346 e. The highest BCUT2D eigenvalue weighted by atomic mass is 32.1. The van der Waals surface area contributed by atoms with E-state index in [2.05, 4.69) is 10.3 Å². The van der Waals surface area contributed by atoms with Crippen LogP contribution >= 0.6 is 23.6 Å². The first kappa shape index (κ1) is 19.3. The van der Waals surface area contributed by atoms with E-state index < -0.39 is 0 Å². The van der Waals surface area contributed by atoms with Gasteiger partial charge in [0.15, 0.2) is 4.77 Å². The van der Waals surface area contributed by atoms with Crippen molar-refractivity contribution in [2.45, 2.75) is 19.5 Å². The Hall–Kier alpha value is -3.03. The maximum Gasteiger partial charge on any atom is 0.272 e. The van der Waals surface area contributed by atoms with Crippen molar-refractivity contribution in [2.24, 2.45) is 0 Å². The van der Waals surface area contributed by atoms with Gasteiger partial charge >= 0.3 is 0 Å². The molecule has 5 nitrogen and oxygen atoms in total. The van der Waals surface area contributed by atoms with Gasteiger partial charge in [0.05, 0.1) is 18.1 Å². The maximum atomic E-state index is 12.7. The lowest BCUT2D eigenvalue weighted by Gasteiger charge is -2.14. The number of carbonyl (C=O) groups excluding carboxylic acids is 1. The number of hydrogen-bond acceptors (Lipinski definition) is 4. The fourth-order valence-corrected chi connectivity index (χ4v) is 4.22. The molecule has 2 aromatic heterocycles. The van der Waals surface area contributed by atoms with Crippen LogP contribution in [-0.2, 0) is 6.54 Å². The molecule has 0 aliphatic carbocycles. The van der Waals surface area contributed by atoms with Crippen LogP contribution in [0.15, 0.2) is 70.8 Å². The summed E-state index contributed by atoms with van der Waals surface area (Å²) in [5, 5.41) is 4.87. The number of nitrogens with zero attached hydrogens (tertiary/aromatic N) is 1. The summed E-state index contributed by atoms with van der Waals surface area (Å²) in [7, 11) is 0. The van der Waals surface area contributed by atoms with Crippen molar-refractivity contribution in [1.29, 1.82) is 0 Å². The third kappa shape index (κ3) is 4.06. The minimum absolute atomic E-state index is 0.0854. The molecule has 146 valence electrons. The molecule has 0 bridgehead atoms. The summed E-state index contributed by atoms with van der Waals surface area (Å²) in [5.74, 6) is -0.137. The number of aromatic amines is 1. The monoisotopic (exact) mass is 421 g/mol. The molecule has 29 heavy (non-hydrogen) atoms. The first-order valence-corrected chi connectivity index (χ1v) is 10.5. The van der Waals surface area contributed by atoms with Crippen molar-refractivity contribution in [3.05, 3.63) is 97.9 Å². The van der Waals surface area contributed by atoms with Gasteiger partial charge in [0.1, 0.15) is 4.70 Å². The SMILES string of the molecule is C[C@@H](NC(=O)c1ccc(Cn2c(=S)[nH]c3ccsc3c2=O)cc1)c1ccccc1. The molecular weight excluding hydrogens is 402 g/mol. The molecule has 2 heterocycles. The average Bonchev–Trinajstić information content (AvgIpc) is 3.20. The molecule has 2 N–H and O–H groups in total. The van der Waals surface area contributed by atoms with Crippen LogP contribution < -0.4 is 10.9 Å². The highest BCUT2D eigenvalue weighted by Gasteiger charge is 2.12. The zero-order valence-corrected chi connectivity index (χ0v) is 17.3. The van der Waals surface area contributed by atoms with E-state index in [-0.39, 0.29) is 17.5 Å². The Morgan fingerprint density at radius 3 is 2.59 bits per heavy atom. The van der Waals surface area contributed by atoms with Crippen molar-refractivity contribution in [2.75, 3.05) is 0 Å². The normalized spacial score (nSPS) is 12.0. The molecule has 4 aromatic rings. The number of fused-ring (bicyclic) bond motifs is 1. The van der Waals surface area contributed by atoms with Gasteiger partial charge in [-0.3, -0.25) is 14.2 Å². The van der Waals surface area contributed by atoms with Gasteiger partial charge in [0, 0.05) is 5.56 Å². The lowest BCUT2D eigenvalue weighted by Crippen LogP contribution is -2.26. The van der Waals surface area contributed by atoms with Crippen LogP contribution in [0, 0.1) is 4.77 Å². The molecule has 0 aliphatic heterocycles. The van der Waals surface area contributed by atoms with E-state index in [4.69, 9.17) is 12.2 Å². The van der Waals surface area contributed by atoms with Crippen molar-refractivity contribution in [3.63, 3.8) is 0 Å². The molecule has 1 amide bonds. The molecule has 0 saturated heterocycles. The zero-order chi connectivity index (χ0) is 20.4. The van der Waals surface area contributed by atoms with Crippen molar-refractivity contribution < 1.29 is 4.79 Å². The lowest BCUT2D eigenvalue weighted by atomic mass is 10.1. The fraction of sp³-hybridized carbons (Fsp3) is 0.136. The van der Waals surface area contributed by atoms with E-state index in [0.29, 0.717) is 21.6 Å². The Morgan fingerprint density at radius 1 is 1.14 bits per heavy atom. The van der Waals surface area contributed by atoms with Gasteiger partial charge in [-0.1, -0.05) is 42.5 Å². The average molecular weight is 422 g/mol. The fourth-order valence-electron chi connectivity index (χ4n) is 3.16. The quantitative estimate of drug-likeness (QED) is 0.461. The molecule has 4 rings (SSSR count). The van der Waals surface area contributed by atoms with Crippen molar-refractivity contribution in [3.8, 4) is 0 Å². The van der Waals surface area contributed by atoms with Crippen molar-refractivity contribution >= 4 is 39.7 Å². The second kappa shape index (κ2) is 8.14. The van der Waals surface area contributed by atoms with E-state index in [1.807, 2.05) is 60.8 Å². The number of hydrogen-bond donors (Lipinski definition) is 2. The Balaban J connectivity index is 1.50. The summed E-state index contributed by atoms with van der Waals surface area (Å²) in [5.41, 5.74) is 3.19. The van der Waals surface area contributed by atoms with Gasteiger partial charge < -0.3 is 10.3 Å². The Kier molecular flexibility index (Phi) is 5.42. The van der Waals surface area contributed by atoms with Crippen LogP contribution in [-0.4, -0.2) is 15.5 Å². The van der Waals surface area contributed by atoms with Gasteiger partial charge in [-0.25, -0.2) is 0 Å². The van der Waals surface area contributed by atoms with Crippen LogP contribution in [0.25, 0.3) is 10.2 Å². The predicted molar refractivity (Wildman–Crippen MR) is 119 cm³/mol. The van der Waals surface area contributed by atoms with Crippen LogP contribution in [0.1, 0.15) is 34.5 Å². The molecule has 7 heteroatoms. The summed E-state index contributed by atoms with van der Waals surface area (Å²) in [6.07, 6.45) is 0. The van der Waals surface area contributed by atoms with Crippen LogP contribution in [0.2, 0.25) is 0 Å². The summed E-state index contributed by atoms with van der Waals surface area (Å²) >= 11 is 6.73. The number of thiophene rings is 1. The van der Waals surface area contributed by atoms with Crippen LogP contribution in [0.5, 0.6) is 0 Å². The smallest absolute Gasteiger partial charge is 0.272 e. The minimum atomic E-state index is -0.137. The predicted octanol–water partition coefficient (Wildman–Crippen LogP) is 4.66. The molecule has 0 aliphatic rings. The van der Waals surface area contributed by atoms with Gasteiger partial charge in [-0.15, -0.1) is 11.3 Å². The molecular formula is C22H19N3O2S2. The van der Waals surface area contributed by atoms with E-state index in [0.717, 1.165) is 16.6 Å². The topological polar surface area (TPSA) is 66.9 Å². The molecule has 0 unspecified atom stereocenters. The highest BCUT2D eigenvalue weighted by Crippen LogP contribution is 2.15. The number of amides is 1. The molecule has 1 atom stereocenters. The third-order valence-corrected chi connectivity index (χ3v) is 6.02. The summed E-state index contributed by atoms with van der Waals surface area (Å²) in [4.78, 5) is 28.3. The number of benzene rings is 2. The number of nitrogens with one attached hydrogen (secondary N) is 2. The molecule has 0 spiro atoms. The van der Waals surface area contributed by atoms with Gasteiger partial charge in [0.25, 0.3) is 11.5 Å². The number of carbonyl (C=O) groups is 1. The molecule has 2 aromatic carbocycles. The maximum absolute atomic E-state index is 12.7. The number of H-pyrrole nitrogens is 1. The third-order valence-electron chi connectivity index (χ3n) is 4.80. The Morgan fingerprint density at radius 2 is 1.86 bits per heavy atom. The first-order valence-electron chi connectivity index (χ1n) is 9.18. The zero-order valence-electron chi connectivity index (χ0n) is 15.7. The summed E-state index contributed by atoms with van der Waals surface area (Å²) in [6.45, 7) is 2.31. The molecule has 0 radical (unpaired) electrons. The van der Waals surface area contributed by atoms with Gasteiger partial charge in [-0.2, -0.15) is 0 Å². The second-order valence-corrected chi connectivity index (χ2v) is 8.09. The van der Waals surface area contributed by atoms with E-state index in [1.165, 1.54) is 11.3 Å². The molecule has 0 fully saturated rings. The standard InChI is InChI=1S/C22H19N3O2S2/c1-14(16-5-3-2-4-6-16)23-20(26)17-9-7-15(8-10-17)13-25-21(27)19-18(11-12-29-19)24-22(25)28/h2-12,14H,13H2,1H3,(H,23,26)(H,24,28)/t14-/m1/s1. The Labute approximate surface area is 176 Å². The van der Waals surface area contributed by atoms with E-state index in [1.54, 1.807) is 16.7 Å². The van der Waals surface area contributed by atoms with Gasteiger partial charge in [-0.05, 0) is 53.8 Å². The number of rotatable bonds is 5. The van der Waals surface area contributed by atoms with E-state index >= 15 is 0 Å². The van der Waals surface area contributed by atoms with Crippen molar-refractivity contribution in [1.82, 2.24) is 14.9 Å². The van der Waals surface area contributed by atoms with Crippen LogP contribution in [0.4, 0.5) is 0 Å². The van der Waals surface area contributed by atoms with E-state index in [9.17, 15) is 9.59 Å². The largest absolute Gasteiger partial charge is 0.346 e. The highest BCUT2D eigenvalue weighted by molar-refractivity contribution is 7.71. The number of aromatic nitrogens is 2. The second-order valence-electron chi connectivity index (χ2n) is 6.79.